The van der Waals surface area contributed by atoms with E-state index in [9.17, 15) is 4.79 Å². The molecule has 116 valence electrons. The van der Waals surface area contributed by atoms with E-state index in [-0.39, 0.29) is 5.91 Å². The number of unbranched alkanes of at least 4 members (excludes halogenated alkanes) is 2. The largest absolute Gasteiger partial charge is 0.354 e. The zero-order chi connectivity index (χ0) is 15.8. The third kappa shape index (κ3) is 4.80. The van der Waals surface area contributed by atoms with Crippen LogP contribution in [-0.4, -0.2) is 22.4 Å². The fourth-order valence-corrected chi connectivity index (χ4v) is 2.28. The lowest BCUT2D eigenvalue weighted by Gasteiger charge is -2.08. The van der Waals surface area contributed by atoms with E-state index in [0.29, 0.717) is 17.3 Å². The van der Waals surface area contributed by atoms with Crippen LogP contribution in [0.5, 0.6) is 0 Å². The molecular weight excluding hydrogens is 344 g/mol. The van der Waals surface area contributed by atoms with Crippen LogP contribution < -0.4 is 10.6 Å². The van der Waals surface area contributed by atoms with Crippen LogP contribution >= 0.6 is 15.9 Å². The summed E-state index contributed by atoms with van der Waals surface area (Å²) in [5, 5.41) is 5.96. The van der Waals surface area contributed by atoms with Crippen molar-refractivity contribution in [2.24, 2.45) is 0 Å². The number of nitrogens with one attached hydrogen (secondary N) is 2. The number of halogens is 1. The highest BCUT2D eigenvalue weighted by molar-refractivity contribution is 9.10. The highest BCUT2D eigenvalue weighted by Crippen LogP contribution is 2.21. The fraction of sp³-hybridized carbons (Fsp3) is 0.312. The van der Waals surface area contributed by atoms with E-state index in [4.69, 9.17) is 0 Å². The number of hydrogen-bond donors (Lipinski definition) is 2. The third-order valence-corrected chi connectivity index (χ3v) is 3.77. The molecule has 1 aromatic carbocycles. The molecule has 1 amide bonds. The van der Waals surface area contributed by atoms with Crippen LogP contribution in [-0.2, 0) is 0 Å². The monoisotopic (exact) mass is 362 g/mol. The van der Waals surface area contributed by atoms with Gasteiger partial charge in [-0.3, -0.25) is 4.79 Å². The minimum atomic E-state index is -0.258. The Morgan fingerprint density at radius 3 is 2.82 bits per heavy atom. The number of nitrogens with zero attached hydrogens (tertiary/aromatic N) is 2. The van der Waals surface area contributed by atoms with Crippen LogP contribution in [0.3, 0.4) is 0 Å². The number of hydrogen-bond acceptors (Lipinski definition) is 4. The van der Waals surface area contributed by atoms with Gasteiger partial charge in [-0.15, -0.1) is 0 Å². The number of para-hydroxylation sites is 1. The number of carbonyl (C=O) groups is 1. The average Bonchev–Trinajstić information content (AvgIpc) is 2.54. The summed E-state index contributed by atoms with van der Waals surface area (Å²) in [4.78, 5) is 20.6. The molecule has 0 unspecified atom stereocenters. The van der Waals surface area contributed by atoms with E-state index < -0.39 is 0 Å². The van der Waals surface area contributed by atoms with Gasteiger partial charge in [-0.05, 0) is 40.5 Å². The zero-order valence-electron chi connectivity index (χ0n) is 12.5. The molecule has 0 aliphatic rings. The molecule has 0 spiro atoms. The van der Waals surface area contributed by atoms with Crippen molar-refractivity contribution in [2.45, 2.75) is 26.2 Å². The molecule has 2 N–H and O–H groups in total. The molecule has 22 heavy (non-hydrogen) atoms. The van der Waals surface area contributed by atoms with E-state index >= 15 is 0 Å². The number of rotatable bonds is 7. The van der Waals surface area contributed by atoms with Gasteiger partial charge in [0, 0.05) is 17.2 Å². The summed E-state index contributed by atoms with van der Waals surface area (Å²) >= 11 is 3.40. The maximum Gasteiger partial charge on any atom is 0.274 e. The molecule has 0 fully saturated rings. The van der Waals surface area contributed by atoms with Crippen LogP contribution in [0.2, 0.25) is 0 Å². The van der Waals surface area contributed by atoms with Crippen molar-refractivity contribution in [3.63, 3.8) is 0 Å². The predicted molar refractivity (Wildman–Crippen MR) is 92.1 cm³/mol. The zero-order valence-corrected chi connectivity index (χ0v) is 14.1. The molecule has 2 rings (SSSR count). The smallest absolute Gasteiger partial charge is 0.274 e. The predicted octanol–water partition coefficient (Wildman–Crippen LogP) is 4.09. The van der Waals surface area contributed by atoms with Gasteiger partial charge in [0.2, 0.25) is 5.95 Å². The van der Waals surface area contributed by atoms with Crippen molar-refractivity contribution in [1.82, 2.24) is 9.97 Å². The SMILES string of the molecule is CCCCCNc1nccc(C(=O)Nc2ccccc2Br)n1. The Labute approximate surface area is 138 Å². The first-order valence-electron chi connectivity index (χ1n) is 7.33. The van der Waals surface area contributed by atoms with Crippen LogP contribution in [0.25, 0.3) is 0 Å². The lowest BCUT2D eigenvalue weighted by Crippen LogP contribution is -2.15. The molecule has 0 aliphatic carbocycles. The molecular formula is C16H19BrN4O. The first-order valence-corrected chi connectivity index (χ1v) is 8.13. The van der Waals surface area contributed by atoms with Gasteiger partial charge in [0.1, 0.15) is 5.69 Å². The van der Waals surface area contributed by atoms with Gasteiger partial charge in [-0.1, -0.05) is 31.9 Å². The Kier molecular flexibility index (Phi) is 6.33. The van der Waals surface area contributed by atoms with Crippen LogP contribution in [0.15, 0.2) is 41.0 Å². The highest BCUT2D eigenvalue weighted by Gasteiger charge is 2.10. The lowest BCUT2D eigenvalue weighted by atomic mass is 10.2. The molecule has 5 nitrogen and oxygen atoms in total. The van der Waals surface area contributed by atoms with Crippen LogP contribution in [0, 0.1) is 0 Å². The van der Waals surface area contributed by atoms with Gasteiger partial charge < -0.3 is 10.6 Å². The quantitative estimate of drug-likeness (QED) is 0.727. The topological polar surface area (TPSA) is 66.9 Å². The molecule has 0 radical (unpaired) electrons. The van der Waals surface area contributed by atoms with Crippen molar-refractivity contribution >= 4 is 33.5 Å². The molecule has 0 saturated heterocycles. The number of benzene rings is 1. The van der Waals surface area contributed by atoms with E-state index in [1.165, 1.54) is 0 Å². The Morgan fingerprint density at radius 1 is 1.23 bits per heavy atom. The van der Waals surface area contributed by atoms with Crippen molar-refractivity contribution in [1.29, 1.82) is 0 Å². The first kappa shape index (κ1) is 16.4. The van der Waals surface area contributed by atoms with Gasteiger partial charge in [-0.25, -0.2) is 9.97 Å². The Bertz CT molecular complexity index is 633. The molecule has 1 aromatic heterocycles. The summed E-state index contributed by atoms with van der Waals surface area (Å²) in [5.74, 6) is 0.224. The molecule has 6 heteroatoms. The Balaban J connectivity index is 1.99. The van der Waals surface area contributed by atoms with Crippen LogP contribution in [0.1, 0.15) is 36.7 Å². The average molecular weight is 363 g/mol. The summed E-state index contributed by atoms with van der Waals surface area (Å²) in [6.45, 7) is 2.96. The minimum Gasteiger partial charge on any atom is -0.354 e. The summed E-state index contributed by atoms with van der Waals surface area (Å²) in [6.07, 6.45) is 4.98. The van der Waals surface area contributed by atoms with Gasteiger partial charge in [0.05, 0.1) is 5.69 Å². The standard InChI is InChI=1S/C16H19BrN4O/c1-2-3-6-10-18-16-19-11-9-14(21-16)15(22)20-13-8-5-4-7-12(13)17/h4-5,7-9,11H,2-3,6,10H2,1H3,(H,20,22)(H,18,19,21). The third-order valence-electron chi connectivity index (χ3n) is 3.07. The van der Waals surface area contributed by atoms with E-state index in [0.717, 1.165) is 30.3 Å². The lowest BCUT2D eigenvalue weighted by molar-refractivity contribution is 0.102. The minimum absolute atomic E-state index is 0.258. The van der Waals surface area contributed by atoms with Gasteiger partial charge in [0.25, 0.3) is 5.91 Å². The first-order chi connectivity index (χ1) is 10.7. The summed E-state index contributed by atoms with van der Waals surface area (Å²) in [6, 6.07) is 9.05. The molecule has 1 heterocycles. The summed E-state index contributed by atoms with van der Waals surface area (Å²) in [5.41, 5.74) is 1.05. The second kappa shape index (κ2) is 8.48. The second-order valence-electron chi connectivity index (χ2n) is 4.83. The molecule has 0 aliphatic heterocycles. The number of anilines is 2. The Hall–Kier alpha value is -1.95. The van der Waals surface area contributed by atoms with Crippen molar-refractivity contribution < 1.29 is 4.79 Å². The second-order valence-corrected chi connectivity index (χ2v) is 5.69. The highest BCUT2D eigenvalue weighted by atomic mass is 79.9. The van der Waals surface area contributed by atoms with Gasteiger partial charge in [-0.2, -0.15) is 0 Å². The van der Waals surface area contributed by atoms with E-state index in [2.05, 4.69) is 43.5 Å². The molecule has 0 atom stereocenters. The maximum atomic E-state index is 12.2. The van der Waals surface area contributed by atoms with Crippen molar-refractivity contribution in [3.8, 4) is 0 Å². The number of carbonyl (C=O) groups excluding carboxylic acids is 1. The van der Waals surface area contributed by atoms with Crippen molar-refractivity contribution in [2.75, 3.05) is 17.2 Å². The number of amides is 1. The normalized spacial score (nSPS) is 10.3. The summed E-state index contributed by atoms with van der Waals surface area (Å²) in [7, 11) is 0. The maximum absolute atomic E-state index is 12.2. The molecule has 0 bridgehead atoms. The molecule has 0 saturated carbocycles. The van der Waals surface area contributed by atoms with E-state index in [1.807, 2.05) is 24.3 Å². The Morgan fingerprint density at radius 2 is 2.05 bits per heavy atom. The van der Waals surface area contributed by atoms with Gasteiger partial charge >= 0.3 is 0 Å². The molecule has 2 aromatic rings. The summed E-state index contributed by atoms with van der Waals surface area (Å²) < 4.78 is 0.829. The number of aromatic nitrogens is 2. The van der Waals surface area contributed by atoms with Crippen LogP contribution in [0.4, 0.5) is 11.6 Å². The van der Waals surface area contributed by atoms with E-state index in [1.54, 1.807) is 12.3 Å². The van der Waals surface area contributed by atoms with Crippen molar-refractivity contribution in [3.05, 3.63) is 46.7 Å². The van der Waals surface area contributed by atoms with Gasteiger partial charge in [0.15, 0.2) is 0 Å². The fourth-order valence-electron chi connectivity index (χ4n) is 1.89.